The molecule has 7 nitrogen and oxygen atoms in total. The van der Waals surface area contributed by atoms with E-state index in [1.807, 2.05) is 6.92 Å². The van der Waals surface area contributed by atoms with Gasteiger partial charge in [-0.1, -0.05) is 23.2 Å². The third-order valence-corrected chi connectivity index (χ3v) is 4.86. The summed E-state index contributed by atoms with van der Waals surface area (Å²) in [6.45, 7) is 2.53. The topological polar surface area (TPSA) is 84.9 Å². The molecule has 0 fully saturated rings. The Hall–Kier alpha value is -2.77. The lowest BCUT2D eigenvalue weighted by atomic mass is 10.1. The van der Waals surface area contributed by atoms with Gasteiger partial charge in [0.05, 0.1) is 34.3 Å². The number of carbonyl (C=O) groups excluding carboxylic acids is 3. The lowest BCUT2D eigenvalue weighted by Crippen LogP contribution is -2.41. The van der Waals surface area contributed by atoms with Crippen LogP contribution in [0.5, 0.6) is 11.5 Å². The van der Waals surface area contributed by atoms with Crippen molar-refractivity contribution < 1.29 is 23.9 Å². The molecule has 1 N–H and O–H groups in total. The van der Waals surface area contributed by atoms with E-state index in [2.05, 4.69) is 5.32 Å². The molecule has 2 aromatic carbocycles. The normalized spacial score (nSPS) is 12.7. The summed E-state index contributed by atoms with van der Waals surface area (Å²) < 4.78 is 10.9. The van der Waals surface area contributed by atoms with Crippen molar-refractivity contribution in [3.8, 4) is 11.5 Å². The van der Waals surface area contributed by atoms with Crippen molar-refractivity contribution in [2.24, 2.45) is 0 Å². The molecule has 0 spiro atoms. The van der Waals surface area contributed by atoms with Gasteiger partial charge in [0.15, 0.2) is 0 Å². The van der Waals surface area contributed by atoms with E-state index in [0.717, 1.165) is 10.6 Å². The Morgan fingerprint density at radius 3 is 2.00 bits per heavy atom. The van der Waals surface area contributed by atoms with E-state index in [4.69, 9.17) is 32.7 Å². The number of halogens is 2. The fourth-order valence-electron chi connectivity index (χ4n) is 2.78. The highest BCUT2D eigenvalue weighted by molar-refractivity contribution is 6.43. The first-order chi connectivity index (χ1) is 13.9. The number of rotatable bonds is 8. The first kappa shape index (κ1) is 21.0. The lowest BCUT2D eigenvalue weighted by Gasteiger charge is -2.14. The van der Waals surface area contributed by atoms with E-state index >= 15 is 0 Å². The van der Waals surface area contributed by atoms with Crippen LogP contribution in [-0.4, -0.2) is 48.9 Å². The van der Waals surface area contributed by atoms with Crippen LogP contribution in [0.15, 0.2) is 36.4 Å². The number of nitrogens with zero attached hydrogens (tertiary/aromatic N) is 1. The van der Waals surface area contributed by atoms with Gasteiger partial charge in [0.25, 0.3) is 11.8 Å². The Balaban J connectivity index is 1.47. The Kier molecular flexibility index (Phi) is 6.61. The third-order valence-electron chi connectivity index (χ3n) is 4.14. The molecule has 9 heteroatoms. The highest BCUT2D eigenvalue weighted by Gasteiger charge is 2.37. The number of ether oxygens (including phenoxy) is 2. The molecule has 0 aromatic heterocycles. The Morgan fingerprint density at radius 2 is 1.48 bits per heavy atom. The van der Waals surface area contributed by atoms with Gasteiger partial charge in [0.2, 0.25) is 5.91 Å². The molecular weight excluding hydrogens is 419 g/mol. The molecule has 152 valence electrons. The summed E-state index contributed by atoms with van der Waals surface area (Å²) in [4.78, 5) is 37.7. The minimum absolute atomic E-state index is 0.135. The first-order valence-corrected chi connectivity index (χ1v) is 9.64. The Morgan fingerprint density at radius 1 is 0.966 bits per heavy atom. The van der Waals surface area contributed by atoms with Crippen molar-refractivity contribution in [1.82, 2.24) is 10.2 Å². The van der Waals surface area contributed by atoms with Crippen LogP contribution in [0, 0.1) is 0 Å². The lowest BCUT2D eigenvalue weighted by molar-refractivity contribution is -0.121. The SMILES string of the molecule is CCOc1ccc(OCCNC(=O)CN2C(=O)c3cc(Cl)c(Cl)cc3C2=O)cc1. The quantitative estimate of drug-likeness (QED) is 0.507. The predicted molar refractivity (Wildman–Crippen MR) is 108 cm³/mol. The van der Waals surface area contributed by atoms with Crippen LogP contribution in [0.1, 0.15) is 27.6 Å². The maximum atomic E-state index is 12.4. The fraction of sp³-hybridized carbons (Fsp3) is 0.250. The van der Waals surface area contributed by atoms with Crippen LogP contribution in [0.2, 0.25) is 10.0 Å². The van der Waals surface area contributed by atoms with Crippen LogP contribution in [0.4, 0.5) is 0 Å². The third kappa shape index (κ3) is 4.81. The molecule has 0 saturated heterocycles. The van der Waals surface area contributed by atoms with Crippen molar-refractivity contribution >= 4 is 40.9 Å². The molecule has 29 heavy (non-hydrogen) atoms. The number of nitrogens with one attached hydrogen (secondary N) is 1. The zero-order valence-corrected chi connectivity index (χ0v) is 17.0. The average molecular weight is 437 g/mol. The molecule has 3 amide bonds. The molecule has 0 bridgehead atoms. The molecule has 0 saturated carbocycles. The first-order valence-electron chi connectivity index (χ1n) is 8.88. The van der Waals surface area contributed by atoms with Gasteiger partial charge < -0.3 is 14.8 Å². The van der Waals surface area contributed by atoms with Crippen LogP contribution in [0.3, 0.4) is 0 Å². The minimum Gasteiger partial charge on any atom is -0.494 e. The molecule has 3 rings (SSSR count). The number of fused-ring (bicyclic) bond motifs is 1. The van der Waals surface area contributed by atoms with E-state index in [0.29, 0.717) is 12.4 Å². The van der Waals surface area contributed by atoms with Crippen molar-refractivity contribution in [3.63, 3.8) is 0 Å². The van der Waals surface area contributed by atoms with E-state index in [-0.39, 0.29) is 34.3 Å². The molecule has 1 heterocycles. The summed E-state index contributed by atoms with van der Waals surface area (Å²) in [5.74, 6) is -0.255. The fourth-order valence-corrected chi connectivity index (χ4v) is 3.11. The maximum absolute atomic E-state index is 12.4. The predicted octanol–water partition coefficient (Wildman–Crippen LogP) is 3.18. The van der Waals surface area contributed by atoms with Crippen molar-refractivity contribution in [2.45, 2.75) is 6.92 Å². The van der Waals surface area contributed by atoms with Crippen LogP contribution in [-0.2, 0) is 4.79 Å². The summed E-state index contributed by atoms with van der Waals surface area (Å²) in [5, 5.41) is 2.96. The molecular formula is C20H18Cl2N2O5. The summed E-state index contributed by atoms with van der Waals surface area (Å²) in [5.41, 5.74) is 0.270. The second kappa shape index (κ2) is 9.15. The molecule has 2 aromatic rings. The van der Waals surface area contributed by atoms with Gasteiger partial charge >= 0.3 is 0 Å². The molecule has 0 radical (unpaired) electrons. The van der Waals surface area contributed by atoms with Crippen LogP contribution in [0.25, 0.3) is 0 Å². The van der Waals surface area contributed by atoms with Gasteiger partial charge in [-0.25, -0.2) is 0 Å². The number of carbonyl (C=O) groups is 3. The van der Waals surface area contributed by atoms with Gasteiger partial charge in [0.1, 0.15) is 24.7 Å². The molecule has 0 aliphatic carbocycles. The standard InChI is InChI=1S/C20H18Cl2N2O5/c1-2-28-12-3-5-13(6-4-12)29-8-7-23-18(25)11-24-19(26)14-9-16(21)17(22)10-15(14)20(24)27/h3-6,9-10H,2,7-8,11H2,1H3,(H,23,25). The highest BCUT2D eigenvalue weighted by atomic mass is 35.5. The second-order valence-electron chi connectivity index (χ2n) is 6.11. The van der Waals surface area contributed by atoms with Crippen molar-refractivity contribution in [2.75, 3.05) is 26.3 Å². The molecule has 0 atom stereocenters. The van der Waals surface area contributed by atoms with Gasteiger partial charge in [-0.3, -0.25) is 19.3 Å². The van der Waals surface area contributed by atoms with Gasteiger partial charge in [-0.2, -0.15) is 0 Å². The second-order valence-corrected chi connectivity index (χ2v) is 6.93. The summed E-state index contributed by atoms with van der Waals surface area (Å²) in [7, 11) is 0. The summed E-state index contributed by atoms with van der Waals surface area (Å²) in [6, 6.07) is 9.78. The van der Waals surface area contributed by atoms with Crippen LogP contribution >= 0.6 is 23.2 Å². The largest absolute Gasteiger partial charge is 0.494 e. The van der Waals surface area contributed by atoms with E-state index < -0.39 is 24.3 Å². The number of hydrogen-bond acceptors (Lipinski definition) is 5. The molecule has 1 aliphatic rings. The Labute approximate surface area is 177 Å². The zero-order valence-electron chi connectivity index (χ0n) is 15.5. The van der Waals surface area contributed by atoms with Crippen LogP contribution < -0.4 is 14.8 Å². The summed E-state index contributed by atoms with van der Waals surface area (Å²) >= 11 is 11.8. The Bertz CT molecular complexity index is 906. The maximum Gasteiger partial charge on any atom is 0.262 e. The van der Waals surface area contributed by atoms with E-state index in [1.165, 1.54) is 12.1 Å². The van der Waals surface area contributed by atoms with Crippen molar-refractivity contribution in [1.29, 1.82) is 0 Å². The van der Waals surface area contributed by atoms with Gasteiger partial charge in [-0.15, -0.1) is 0 Å². The number of benzene rings is 2. The number of amides is 3. The van der Waals surface area contributed by atoms with E-state index in [9.17, 15) is 14.4 Å². The molecule has 0 unspecified atom stereocenters. The molecule has 1 aliphatic heterocycles. The minimum atomic E-state index is -0.579. The van der Waals surface area contributed by atoms with Gasteiger partial charge in [0, 0.05) is 0 Å². The number of hydrogen-bond donors (Lipinski definition) is 1. The number of imide groups is 1. The smallest absolute Gasteiger partial charge is 0.262 e. The highest BCUT2D eigenvalue weighted by Crippen LogP contribution is 2.31. The monoisotopic (exact) mass is 436 g/mol. The average Bonchev–Trinajstić information content (AvgIpc) is 2.91. The van der Waals surface area contributed by atoms with E-state index in [1.54, 1.807) is 24.3 Å². The zero-order chi connectivity index (χ0) is 21.0. The summed E-state index contributed by atoms with van der Waals surface area (Å²) in [6.07, 6.45) is 0. The van der Waals surface area contributed by atoms with Gasteiger partial charge in [-0.05, 0) is 43.3 Å². The van der Waals surface area contributed by atoms with Crippen molar-refractivity contribution in [3.05, 3.63) is 57.6 Å².